The normalized spacial score (nSPS) is 17.3. The largest absolute Gasteiger partial charge is 0.465 e. The third kappa shape index (κ3) is 3.95. The molecule has 1 amide bonds. The SMILES string of the molecule is COC(=O)c1c(NC(=O)C2=Cc3cc(Cl)ccc3OC=C2)sc2c1CC[C@H](C)C2. The van der Waals surface area contributed by atoms with Crippen molar-refractivity contribution in [2.45, 2.75) is 26.2 Å². The number of carbonyl (C=O) groups excluding carboxylic acids is 2. The molecule has 1 aromatic heterocycles. The van der Waals surface area contributed by atoms with E-state index in [1.54, 1.807) is 30.4 Å². The van der Waals surface area contributed by atoms with Crippen molar-refractivity contribution >= 4 is 45.9 Å². The van der Waals surface area contributed by atoms with Gasteiger partial charge in [-0.15, -0.1) is 11.3 Å². The molecule has 5 nitrogen and oxygen atoms in total. The lowest BCUT2D eigenvalue weighted by Gasteiger charge is -2.18. The minimum absolute atomic E-state index is 0.325. The van der Waals surface area contributed by atoms with Crippen molar-refractivity contribution in [3.63, 3.8) is 0 Å². The van der Waals surface area contributed by atoms with Crippen LogP contribution in [0, 0.1) is 5.92 Å². The molecule has 0 bridgehead atoms. The molecule has 7 heteroatoms. The summed E-state index contributed by atoms with van der Waals surface area (Å²) in [6, 6.07) is 5.22. The maximum atomic E-state index is 13.0. The van der Waals surface area contributed by atoms with Crippen LogP contribution in [0.15, 0.2) is 36.1 Å². The van der Waals surface area contributed by atoms with Crippen LogP contribution in [-0.2, 0) is 22.4 Å². The number of esters is 1. The maximum absolute atomic E-state index is 13.0. The summed E-state index contributed by atoms with van der Waals surface area (Å²) in [6.07, 6.45) is 7.51. The van der Waals surface area contributed by atoms with Crippen LogP contribution in [0.3, 0.4) is 0 Å². The summed E-state index contributed by atoms with van der Waals surface area (Å²) >= 11 is 7.53. The van der Waals surface area contributed by atoms with Gasteiger partial charge in [-0.2, -0.15) is 0 Å². The second-order valence-electron chi connectivity index (χ2n) is 7.20. The number of ether oxygens (including phenoxy) is 2. The fourth-order valence-corrected chi connectivity index (χ4v) is 5.18. The van der Waals surface area contributed by atoms with Gasteiger partial charge >= 0.3 is 5.97 Å². The first-order chi connectivity index (χ1) is 14.0. The molecule has 0 saturated heterocycles. The van der Waals surface area contributed by atoms with Gasteiger partial charge in [-0.3, -0.25) is 4.79 Å². The van der Waals surface area contributed by atoms with Gasteiger partial charge in [0.25, 0.3) is 5.91 Å². The average Bonchev–Trinajstić information content (AvgIpc) is 2.90. The molecular formula is C22H20ClNO4S. The Morgan fingerprint density at radius 1 is 1.34 bits per heavy atom. The summed E-state index contributed by atoms with van der Waals surface area (Å²) in [6.45, 7) is 2.20. The van der Waals surface area contributed by atoms with E-state index in [0.29, 0.717) is 38.4 Å². The first kappa shape index (κ1) is 19.7. The molecular weight excluding hydrogens is 410 g/mol. The maximum Gasteiger partial charge on any atom is 0.341 e. The Morgan fingerprint density at radius 3 is 2.97 bits per heavy atom. The minimum atomic E-state index is -0.418. The Bertz CT molecular complexity index is 1050. The van der Waals surface area contributed by atoms with Crippen LogP contribution in [0.2, 0.25) is 5.02 Å². The number of hydrogen-bond acceptors (Lipinski definition) is 5. The van der Waals surface area contributed by atoms with Gasteiger partial charge in [-0.05, 0) is 61.1 Å². The van der Waals surface area contributed by atoms with E-state index in [1.165, 1.54) is 24.7 Å². The third-order valence-corrected chi connectivity index (χ3v) is 6.52. The zero-order valence-electron chi connectivity index (χ0n) is 16.1. The summed E-state index contributed by atoms with van der Waals surface area (Å²) in [5.41, 5.74) is 2.59. The summed E-state index contributed by atoms with van der Waals surface area (Å²) in [5, 5.41) is 4.00. The van der Waals surface area contributed by atoms with Gasteiger partial charge in [0, 0.05) is 21.0 Å². The van der Waals surface area contributed by atoms with Crippen molar-refractivity contribution < 1.29 is 19.1 Å². The molecule has 2 heterocycles. The predicted molar refractivity (Wildman–Crippen MR) is 115 cm³/mol. The van der Waals surface area contributed by atoms with E-state index in [1.807, 2.05) is 0 Å². The smallest absolute Gasteiger partial charge is 0.341 e. The fourth-order valence-electron chi connectivity index (χ4n) is 3.61. The molecule has 0 saturated carbocycles. The summed E-state index contributed by atoms with van der Waals surface area (Å²) in [7, 11) is 1.36. The summed E-state index contributed by atoms with van der Waals surface area (Å²) in [5.74, 6) is 0.429. The van der Waals surface area contributed by atoms with E-state index < -0.39 is 5.97 Å². The van der Waals surface area contributed by atoms with Gasteiger partial charge in [-0.25, -0.2) is 4.79 Å². The van der Waals surface area contributed by atoms with E-state index >= 15 is 0 Å². The van der Waals surface area contributed by atoms with Crippen molar-refractivity contribution in [1.29, 1.82) is 0 Å². The van der Waals surface area contributed by atoms with Crippen LogP contribution in [0.5, 0.6) is 5.75 Å². The van der Waals surface area contributed by atoms with E-state index in [0.717, 1.165) is 29.7 Å². The lowest BCUT2D eigenvalue weighted by Crippen LogP contribution is -2.16. The van der Waals surface area contributed by atoms with Crippen LogP contribution in [0.1, 0.15) is 39.7 Å². The summed E-state index contributed by atoms with van der Waals surface area (Å²) < 4.78 is 10.5. The van der Waals surface area contributed by atoms with E-state index in [4.69, 9.17) is 21.1 Å². The van der Waals surface area contributed by atoms with E-state index in [9.17, 15) is 9.59 Å². The van der Waals surface area contributed by atoms with Crippen LogP contribution in [0.25, 0.3) is 6.08 Å². The zero-order chi connectivity index (χ0) is 20.5. The van der Waals surface area contributed by atoms with Crippen LogP contribution in [-0.4, -0.2) is 19.0 Å². The number of halogens is 1. The second-order valence-corrected chi connectivity index (χ2v) is 8.75. The topological polar surface area (TPSA) is 64.6 Å². The highest BCUT2D eigenvalue weighted by Gasteiger charge is 2.29. The quantitative estimate of drug-likeness (QED) is 0.677. The summed E-state index contributed by atoms with van der Waals surface area (Å²) in [4.78, 5) is 26.6. The molecule has 1 aliphatic heterocycles. The van der Waals surface area contributed by atoms with Crippen LogP contribution < -0.4 is 10.1 Å². The number of anilines is 1. The number of hydrogen-bond donors (Lipinski definition) is 1. The Morgan fingerprint density at radius 2 is 2.17 bits per heavy atom. The standard InChI is InChI=1S/C22H20ClNO4S/c1-12-3-5-16-18(9-12)29-21(19(16)22(26)27-2)24-20(25)13-7-8-28-17-6-4-15(23)11-14(17)10-13/h4,6-8,10-12H,3,5,9H2,1-2H3,(H,24,25)/t12-/m0/s1. The van der Waals surface area contributed by atoms with E-state index in [-0.39, 0.29) is 5.91 Å². The molecule has 0 fully saturated rings. The second kappa shape index (κ2) is 8.05. The van der Waals surface area contributed by atoms with Crippen LogP contribution in [0.4, 0.5) is 5.00 Å². The number of thiophene rings is 1. The molecule has 4 rings (SSSR count). The molecule has 1 N–H and O–H groups in total. The molecule has 0 spiro atoms. The Hall–Kier alpha value is -2.57. The number of amides is 1. The van der Waals surface area contributed by atoms with Gasteiger partial charge in [0.1, 0.15) is 10.8 Å². The van der Waals surface area contributed by atoms with Crippen molar-refractivity contribution in [2.75, 3.05) is 12.4 Å². The molecule has 150 valence electrons. The number of fused-ring (bicyclic) bond motifs is 2. The van der Waals surface area contributed by atoms with Crippen molar-refractivity contribution in [2.24, 2.45) is 5.92 Å². The van der Waals surface area contributed by atoms with Gasteiger partial charge in [0.15, 0.2) is 0 Å². The molecule has 0 unspecified atom stereocenters. The Kier molecular flexibility index (Phi) is 5.48. The van der Waals surface area contributed by atoms with Gasteiger partial charge in [0.05, 0.1) is 18.9 Å². The number of nitrogens with one attached hydrogen (secondary N) is 1. The Labute approximate surface area is 178 Å². The van der Waals surface area contributed by atoms with Crippen molar-refractivity contribution in [3.8, 4) is 5.75 Å². The van der Waals surface area contributed by atoms with Gasteiger partial charge < -0.3 is 14.8 Å². The molecule has 2 aliphatic rings. The third-order valence-electron chi connectivity index (χ3n) is 5.12. The zero-order valence-corrected chi connectivity index (χ0v) is 17.7. The lowest BCUT2D eigenvalue weighted by atomic mass is 9.88. The Balaban J connectivity index is 1.67. The highest BCUT2D eigenvalue weighted by molar-refractivity contribution is 7.17. The molecule has 1 aliphatic carbocycles. The van der Waals surface area contributed by atoms with E-state index in [2.05, 4.69) is 12.2 Å². The highest BCUT2D eigenvalue weighted by atomic mass is 35.5. The fraction of sp³-hybridized carbons (Fsp3) is 0.273. The molecule has 29 heavy (non-hydrogen) atoms. The molecule has 1 atom stereocenters. The lowest BCUT2D eigenvalue weighted by molar-refractivity contribution is -0.112. The molecule has 0 radical (unpaired) electrons. The molecule has 1 aromatic carbocycles. The number of rotatable bonds is 3. The molecule has 2 aromatic rings. The number of carbonyl (C=O) groups is 2. The number of methoxy groups -OCH3 is 1. The highest BCUT2D eigenvalue weighted by Crippen LogP contribution is 2.40. The number of benzene rings is 1. The first-order valence-corrected chi connectivity index (χ1v) is 10.5. The predicted octanol–water partition coefficient (Wildman–Crippen LogP) is 5.24. The van der Waals surface area contributed by atoms with Crippen LogP contribution >= 0.6 is 22.9 Å². The van der Waals surface area contributed by atoms with Crippen molar-refractivity contribution in [1.82, 2.24) is 0 Å². The minimum Gasteiger partial charge on any atom is -0.465 e. The van der Waals surface area contributed by atoms with Gasteiger partial charge in [0.2, 0.25) is 0 Å². The first-order valence-electron chi connectivity index (χ1n) is 9.35. The average molecular weight is 430 g/mol. The monoisotopic (exact) mass is 429 g/mol. The van der Waals surface area contributed by atoms with Gasteiger partial charge in [-0.1, -0.05) is 18.5 Å². The van der Waals surface area contributed by atoms with Crippen molar-refractivity contribution in [3.05, 3.63) is 62.7 Å².